The highest BCUT2D eigenvalue weighted by atomic mass is 32.1. The Hall–Kier alpha value is -2.00. The van der Waals surface area contributed by atoms with Gasteiger partial charge in [0.25, 0.3) is 0 Å². The third kappa shape index (κ3) is 3.38. The average molecular weight is 354 g/mol. The Balaban J connectivity index is 1.65. The molecule has 1 saturated carbocycles. The van der Waals surface area contributed by atoms with E-state index in [0.29, 0.717) is 10.4 Å². The minimum Gasteiger partial charge on any atom is -0.206 e. The van der Waals surface area contributed by atoms with Crippen molar-refractivity contribution in [3.63, 3.8) is 0 Å². The molecule has 1 aliphatic rings. The molecule has 2 aromatic carbocycles. The molecule has 0 nitrogen and oxygen atoms in total. The zero-order valence-electron chi connectivity index (χ0n) is 14.2. The minimum atomic E-state index is -0.493. The molecule has 0 unspecified atom stereocenters. The summed E-state index contributed by atoms with van der Waals surface area (Å²) in [7, 11) is 0. The van der Waals surface area contributed by atoms with Crippen LogP contribution in [0.4, 0.5) is 8.78 Å². The molecule has 0 spiro atoms. The molecule has 1 aromatic heterocycles. The van der Waals surface area contributed by atoms with Crippen molar-refractivity contribution in [3.8, 4) is 21.6 Å². The number of halogens is 2. The van der Waals surface area contributed by atoms with Gasteiger partial charge in [0, 0.05) is 9.75 Å². The maximum atomic E-state index is 14.7. The Morgan fingerprint density at radius 3 is 2.20 bits per heavy atom. The van der Waals surface area contributed by atoms with Crippen molar-refractivity contribution in [3.05, 3.63) is 70.6 Å². The van der Waals surface area contributed by atoms with Crippen LogP contribution in [-0.2, 0) is 6.42 Å². The fourth-order valence-corrected chi connectivity index (χ4v) is 4.50. The summed E-state index contributed by atoms with van der Waals surface area (Å²) in [6, 6.07) is 14.4. The van der Waals surface area contributed by atoms with Gasteiger partial charge in [0.15, 0.2) is 0 Å². The smallest absolute Gasteiger partial charge is 0.135 e. The van der Waals surface area contributed by atoms with Crippen LogP contribution < -0.4 is 0 Å². The van der Waals surface area contributed by atoms with Crippen LogP contribution in [0.3, 0.4) is 0 Å². The van der Waals surface area contributed by atoms with Crippen LogP contribution >= 0.6 is 11.3 Å². The summed E-state index contributed by atoms with van der Waals surface area (Å²) < 4.78 is 29.4. The third-order valence-electron chi connectivity index (χ3n) is 5.05. The minimum absolute atomic E-state index is 0.0979. The Bertz CT molecular complexity index is 866. The second-order valence-corrected chi connectivity index (χ2v) is 8.12. The first-order valence-electron chi connectivity index (χ1n) is 8.75. The Kier molecular flexibility index (Phi) is 4.43. The highest BCUT2D eigenvalue weighted by Crippen LogP contribution is 2.37. The fraction of sp³-hybridized carbons (Fsp3) is 0.273. The van der Waals surface area contributed by atoms with E-state index < -0.39 is 11.6 Å². The number of aryl methyl sites for hydroxylation is 1. The van der Waals surface area contributed by atoms with Gasteiger partial charge in [-0.15, -0.1) is 11.3 Å². The summed E-state index contributed by atoms with van der Waals surface area (Å²) in [5.41, 5.74) is 2.62. The lowest BCUT2D eigenvalue weighted by Crippen LogP contribution is -2.12. The van der Waals surface area contributed by atoms with Crippen molar-refractivity contribution < 1.29 is 8.78 Å². The van der Waals surface area contributed by atoms with Gasteiger partial charge in [-0.3, -0.25) is 0 Å². The molecule has 0 atom stereocenters. The maximum Gasteiger partial charge on any atom is 0.135 e. The van der Waals surface area contributed by atoms with Crippen LogP contribution in [0.15, 0.2) is 48.5 Å². The molecule has 25 heavy (non-hydrogen) atoms. The number of benzene rings is 2. The second-order valence-electron chi connectivity index (χ2n) is 6.95. The van der Waals surface area contributed by atoms with Crippen molar-refractivity contribution >= 4 is 11.3 Å². The summed E-state index contributed by atoms with van der Waals surface area (Å²) in [6.45, 7) is 1.99. The molecule has 128 valence electrons. The monoisotopic (exact) mass is 354 g/mol. The van der Waals surface area contributed by atoms with E-state index in [-0.39, 0.29) is 5.56 Å². The normalized spacial score (nSPS) is 14.5. The van der Waals surface area contributed by atoms with Gasteiger partial charge in [0.05, 0.1) is 5.56 Å². The molecule has 1 aliphatic carbocycles. The molecule has 0 amide bonds. The van der Waals surface area contributed by atoms with Gasteiger partial charge < -0.3 is 0 Å². The van der Waals surface area contributed by atoms with Gasteiger partial charge in [0.2, 0.25) is 0 Å². The van der Waals surface area contributed by atoms with Crippen LogP contribution in [-0.4, -0.2) is 0 Å². The number of rotatable bonds is 4. The zero-order valence-corrected chi connectivity index (χ0v) is 15.0. The lowest BCUT2D eigenvalue weighted by Gasteiger charge is -2.24. The van der Waals surface area contributed by atoms with Gasteiger partial charge in [-0.05, 0) is 54.7 Å². The molecule has 1 heterocycles. The first kappa shape index (κ1) is 16.5. The molecular formula is C22H20F2S. The molecule has 1 fully saturated rings. The quantitative estimate of drug-likeness (QED) is 0.472. The summed E-state index contributed by atoms with van der Waals surface area (Å²) in [5, 5.41) is 0. The van der Waals surface area contributed by atoms with E-state index in [2.05, 4.69) is 0 Å². The topological polar surface area (TPSA) is 0 Å². The Morgan fingerprint density at radius 2 is 1.60 bits per heavy atom. The lowest BCUT2D eigenvalue weighted by atomic mass is 9.83. The van der Waals surface area contributed by atoms with Gasteiger partial charge in [0.1, 0.15) is 11.6 Å². The summed E-state index contributed by atoms with van der Waals surface area (Å²) in [5.74, 6) is -0.231. The first-order valence-corrected chi connectivity index (χ1v) is 9.57. The zero-order chi connectivity index (χ0) is 17.4. The average Bonchev–Trinajstić information content (AvgIpc) is 2.99. The molecule has 0 aliphatic heterocycles. The predicted molar refractivity (Wildman–Crippen MR) is 101 cm³/mol. The largest absolute Gasteiger partial charge is 0.206 e. The van der Waals surface area contributed by atoms with Gasteiger partial charge >= 0.3 is 0 Å². The standard InChI is InChI=1S/C22H20F2S/c1-14-5-7-16(8-6-14)17-12-19(23)22(20(24)13-17)21-10-9-18(25-21)11-15-3-2-4-15/h5-10,12-13,15H,2-4,11H2,1H3. The summed E-state index contributed by atoms with van der Waals surface area (Å²) in [6.07, 6.45) is 4.91. The van der Waals surface area contributed by atoms with E-state index in [1.165, 1.54) is 47.6 Å². The van der Waals surface area contributed by atoms with Crippen LogP contribution in [0.2, 0.25) is 0 Å². The first-order chi connectivity index (χ1) is 12.1. The van der Waals surface area contributed by atoms with E-state index in [0.717, 1.165) is 23.5 Å². The number of hydrogen-bond acceptors (Lipinski definition) is 1. The van der Waals surface area contributed by atoms with Gasteiger partial charge in [-0.25, -0.2) is 8.78 Å². The molecule has 3 aromatic rings. The fourth-order valence-electron chi connectivity index (χ4n) is 3.32. The Morgan fingerprint density at radius 1 is 0.920 bits per heavy atom. The number of thiophene rings is 1. The SMILES string of the molecule is Cc1ccc(-c2cc(F)c(-c3ccc(CC4CCC4)s3)c(F)c2)cc1. The predicted octanol–water partition coefficient (Wildman–Crippen LogP) is 7.01. The van der Waals surface area contributed by atoms with Crippen LogP contribution in [0, 0.1) is 24.5 Å². The third-order valence-corrected chi connectivity index (χ3v) is 6.17. The molecule has 4 rings (SSSR count). The molecule has 0 saturated heterocycles. The van der Waals surface area contributed by atoms with Crippen molar-refractivity contribution in [2.75, 3.05) is 0 Å². The van der Waals surface area contributed by atoms with Crippen LogP contribution in [0.5, 0.6) is 0 Å². The summed E-state index contributed by atoms with van der Waals surface area (Å²) in [4.78, 5) is 1.90. The highest BCUT2D eigenvalue weighted by molar-refractivity contribution is 7.15. The van der Waals surface area contributed by atoms with Crippen LogP contribution in [0.1, 0.15) is 29.7 Å². The molecular weight excluding hydrogens is 334 g/mol. The van der Waals surface area contributed by atoms with E-state index >= 15 is 0 Å². The van der Waals surface area contributed by atoms with E-state index in [9.17, 15) is 8.78 Å². The highest BCUT2D eigenvalue weighted by Gasteiger charge is 2.20. The van der Waals surface area contributed by atoms with E-state index in [1.807, 2.05) is 43.3 Å². The van der Waals surface area contributed by atoms with Gasteiger partial charge in [-0.1, -0.05) is 49.1 Å². The van der Waals surface area contributed by atoms with Crippen molar-refractivity contribution in [2.24, 2.45) is 5.92 Å². The number of hydrogen-bond donors (Lipinski definition) is 0. The van der Waals surface area contributed by atoms with Crippen LogP contribution in [0.25, 0.3) is 21.6 Å². The van der Waals surface area contributed by atoms with Crippen molar-refractivity contribution in [1.29, 1.82) is 0 Å². The van der Waals surface area contributed by atoms with E-state index in [4.69, 9.17) is 0 Å². The molecule has 3 heteroatoms. The molecule has 0 radical (unpaired) electrons. The summed E-state index contributed by atoms with van der Waals surface area (Å²) >= 11 is 1.52. The lowest BCUT2D eigenvalue weighted by molar-refractivity contribution is 0.316. The van der Waals surface area contributed by atoms with Crippen molar-refractivity contribution in [1.82, 2.24) is 0 Å². The second kappa shape index (κ2) is 6.72. The Labute approximate surface area is 151 Å². The van der Waals surface area contributed by atoms with Crippen molar-refractivity contribution in [2.45, 2.75) is 32.6 Å². The molecule has 0 bridgehead atoms. The maximum absolute atomic E-state index is 14.7. The van der Waals surface area contributed by atoms with E-state index in [1.54, 1.807) is 0 Å². The molecule has 0 N–H and O–H groups in total. The van der Waals surface area contributed by atoms with Gasteiger partial charge in [-0.2, -0.15) is 0 Å².